The van der Waals surface area contributed by atoms with E-state index in [-0.39, 0.29) is 21.8 Å². The number of hydrogen-bond donors (Lipinski definition) is 3. The average molecular weight is 517 g/mol. The Balaban J connectivity index is 1.62. The van der Waals surface area contributed by atoms with Crippen molar-refractivity contribution in [3.05, 3.63) is 107 Å². The van der Waals surface area contributed by atoms with Gasteiger partial charge in [-0.15, -0.1) is 0 Å². The van der Waals surface area contributed by atoms with Gasteiger partial charge in [0.05, 0.1) is 21.8 Å². The van der Waals surface area contributed by atoms with E-state index < -0.39 is 27.5 Å². The number of aromatic nitrogens is 1. The van der Waals surface area contributed by atoms with Crippen molar-refractivity contribution in [2.24, 2.45) is 0 Å². The normalized spacial score (nSPS) is 14.0. The third-order valence-electron chi connectivity index (χ3n) is 6.18. The molecule has 0 atom stereocenters. The summed E-state index contributed by atoms with van der Waals surface area (Å²) in [7, 11) is -3.71. The minimum absolute atomic E-state index is 0.00345. The number of anilines is 1. The summed E-state index contributed by atoms with van der Waals surface area (Å²) >= 11 is 0. The first-order valence-corrected chi connectivity index (χ1v) is 13.0. The molecule has 5 rings (SSSR count). The number of aromatic carboxylic acids is 1. The molecule has 0 aliphatic carbocycles. The van der Waals surface area contributed by atoms with Crippen molar-refractivity contribution in [3.63, 3.8) is 0 Å². The Bertz CT molecular complexity index is 1690. The number of sulfone groups is 1. The molecule has 9 heteroatoms. The van der Waals surface area contributed by atoms with Gasteiger partial charge in [-0.1, -0.05) is 42.5 Å². The Hall–Kier alpha value is -4.50. The third-order valence-corrected chi connectivity index (χ3v) is 7.87. The summed E-state index contributed by atoms with van der Waals surface area (Å²) in [5.41, 5.74) is 3.07. The summed E-state index contributed by atoms with van der Waals surface area (Å²) in [5.74, 6) is -2.30. The fourth-order valence-corrected chi connectivity index (χ4v) is 5.84. The topological polar surface area (TPSA) is 116 Å². The van der Waals surface area contributed by atoms with Crippen LogP contribution in [0.1, 0.15) is 32.9 Å². The van der Waals surface area contributed by atoms with Gasteiger partial charge in [-0.05, 0) is 54.5 Å². The molecule has 0 saturated heterocycles. The van der Waals surface area contributed by atoms with E-state index in [1.807, 2.05) is 0 Å². The molecular weight excluding hydrogens is 495 g/mol. The Kier molecular flexibility index (Phi) is 6.01. The molecule has 2 heterocycles. The number of amides is 1. The summed E-state index contributed by atoms with van der Waals surface area (Å²) in [6, 6.07) is 18.6. The highest BCUT2D eigenvalue weighted by atomic mass is 32.2. The van der Waals surface area contributed by atoms with Gasteiger partial charge >= 0.3 is 5.97 Å². The van der Waals surface area contributed by atoms with E-state index in [0.717, 1.165) is 0 Å². The SMILES string of the molecule is Cc1[nH]c(/C=C2\C(=O)Nc3ccc(S(=O)(=O)Cc4ccccc4)cc32)c(-c2ccc(F)cc2)c1C(=O)O. The fraction of sp³-hybridized carbons (Fsp3) is 0.0714. The van der Waals surface area contributed by atoms with Gasteiger partial charge in [0.25, 0.3) is 5.91 Å². The van der Waals surface area contributed by atoms with Crippen molar-refractivity contribution in [2.75, 3.05) is 5.32 Å². The Morgan fingerprint density at radius 3 is 2.41 bits per heavy atom. The summed E-state index contributed by atoms with van der Waals surface area (Å²) in [6.45, 7) is 1.59. The number of carbonyl (C=O) groups is 2. The maximum Gasteiger partial charge on any atom is 0.338 e. The first-order valence-electron chi connectivity index (χ1n) is 11.3. The number of aromatic amines is 1. The molecule has 1 aromatic heterocycles. The van der Waals surface area contributed by atoms with Crippen molar-refractivity contribution < 1.29 is 27.5 Å². The molecule has 7 nitrogen and oxygen atoms in total. The molecule has 0 saturated carbocycles. The van der Waals surface area contributed by atoms with E-state index in [1.54, 1.807) is 37.3 Å². The van der Waals surface area contributed by atoms with Gasteiger partial charge in [-0.3, -0.25) is 4.79 Å². The van der Waals surface area contributed by atoms with Gasteiger partial charge in [0.15, 0.2) is 9.84 Å². The minimum atomic E-state index is -3.71. The molecule has 0 fully saturated rings. The summed E-state index contributed by atoms with van der Waals surface area (Å²) < 4.78 is 39.8. The number of hydrogen-bond acceptors (Lipinski definition) is 4. The predicted molar refractivity (Wildman–Crippen MR) is 138 cm³/mol. The molecule has 37 heavy (non-hydrogen) atoms. The van der Waals surface area contributed by atoms with Crippen LogP contribution in [0.15, 0.2) is 77.7 Å². The largest absolute Gasteiger partial charge is 0.478 e. The third kappa shape index (κ3) is 4.56. The number of fused-ring (bicyclic) bond motifs is 1. The lowest BCUT2D eigenvalue weighted by atomic mass is 9.98. The molecule has 0 radical (unpaired) electrons. The van der Waals surface area contributed by atoms with Crippen molar-refractivity contribution in [1.29, 1.82) is 0 Å². The monoisotopic (exact) mass is 516 g/mol. The predicted octanol–water partition coefficient (Wildman–Crippen LogP) is 5.29. The minimum Gasteiger partial charge on any atom is -0.478 e. The molecule has 4 aromatic rings. The van der Waals surface area contributed by atoms with Crippen LogP contribution in [0.25, 0.3) is 22.8 Å². The van der Waals surface area contributed by atoms with Gasteiger partial charge < -0.3 is 15.4 Å². The highest BCUT2D eigenvalue weighted by Gasteiger charge is 2.29. The molecule has 1 aliphatic rings. The van der Waals surface area contributed by atoms with Crippen LogP contribution in [-0.4, -0.2) is 30.4 Å². The molecular formula is C28H21FN2O5S. The molecule has 3 aromatic carbocycles. The van der Waals surface area contributed by atoms with Crippen molar-refractivity contribution in [3.8, 4) is 11.1 Å². The van der Waals surface area contributed by atoms with E-state index in [1.165, 1.54) is 48.5 Å². The van der Waals surface area contributed by atoms with Gasteiger partial charge in [-0.2, -0.15) is 0 Å². The van der Waals surface area contributed by atoms with Gasteiger partial charge in [0, 0.05) is 28.2 Å². The van der Waals surface area contributed by atoms with E-state index in [4.69, 9.17) is 0 Å². The van der Waals surface area contributed by atoms with Crippen LogP contribution in [0.4, 0.5) is 10.1 Å². The molecule has 0 spiro atoms. The van der Waals surface area contributed by atoms with E-state index in [2.05, 4.69) is 10.3 Å². The number of carboxylic acid groups (broad SMARTS) is 1. The van der Waals surface area contributed by atoms with E-state index >= 15 is 0 Å². The standard InChI is InChI=1S/C28H21FN2O5S/c1-16-25(28(33)34)26(18-7-9-19(29)10-8-18)24(30-16)14-22-21-13-20(11-12-23(21)31-27(22)32)37(35,36)15-17-5-3-2-4-6-17/h2-14,30H,15H2,1H3,(H,31,32)(H,33,34)/b22-14-. The van der Waals surface area contributed by atoms with Crippen LogP contribution in [0.3, 0.4) is 0 Å². The number of nitrogens with one attached hydrogen (secondary N) is 2. The number of aryl methyl sites for hydroxylation is 1. The molecule has 0 bridgehead atoms. The summed E-state index contributed by atoms with van der Waals surface area (Å²) in [5, 5.41) is 12.6. The van der Waals surface area contributed by atoms with Crippen LogP contribution in [0.2, 0.25) is 0 Å². The second-order valence-electron chi connectivity index (χ2n) is 8.69. The number of carboxylic acids is 1. The van der Waals surface area contributed by atoms with Crippen LogP contribution < -0.4 is 5.32 Å². The number of halogens is 1. The Labute approximate surface area is 212 Å². The highest BCUT2D eigenvalue weighted by molar-refractivity contribution is 7.90. The average Bonchev–Trinajstić information content (AvgIpc) is 3.35. The number of rotatable bonds is 6. The first-order chi connectivity index (χ1) is 17.6. The first kappa shape index (κ1) is 24.2. The lowest BCUT2D eigenvalue weighted by Gasteiger charge is -2.08. The highest BCUT2D eigenvalue weighted by Crippen LogP contribution is 2.38. The number of carbonyl (C=O) groups excluding carboxylic acids is 1. The molecule has 1 amide bonds. The zero-order valence-corrected chi connectivity index (χ0v) is 20.4. The molecule has 3 N–H and O–H groups in total. The Morgan fingerprint density at radius 1 is 1.03 bits per heavy atom. The maximum absolute atomic E-state index is 13.5. The Morgan fingerprint density at radius 2 is 1.73 bits per heavy atom. The zero-order chi connectivity index (χ0) is 26.3. The van der Waals surface area contributed by atoms with Crippen LogP contribution in [-0.2, 0) is 20.4 Å². The fourth-order valence-electron chi connectivity index (χ4n) is 4.47. The zero-order valence-electron chi connectivity index (χ0n) is 19.6. The quantitative estimate of drug-likeness (QED) is 0.301. The van der Waals surface area contributed by atoms with Crippen LogP contribution >= 0.6 is 0 Å². The lowest BCUT2D eigenvalue weighted by Crippen LogP contribution is -2.05. The maximum atomic E-state index is 13.5. The van der Waals surface area contributed by atoms with Crippen LogP contribution in [0, 0.1) is 12.7 Å². The van der Waals surface area contributed by atoms with Crippen LogP contribution in [0.5, 0.6) is 0 Å². The van der Waals surface area contributed by atoms with Gasteiger partial charge in [0.2, 0.25) is 0 Å². The van der Waals surface area contributed by atoms with Crippen molar-refractivity contribution >= 4 is 39.1 Å². The molecule has 186 valence electrons. The lowest BCUT2D eigenvalue weighted by molar-refractivity contribution is -0.110. The summed E-state index contributed by atoms with van der Waals surface area (Å²) in [4.78, 5) is 28.0. The molecule has 1 aliphatic heterocycles. The molecule has 0 unspecified atom stereocenters. The van der Waals surface area contributed by atoms with E-state index in [9.17, 15) is 27.5 Å². The van der Waals surface area contributed by atoms with Gasteiger partial charge in [-0.25, -0.2) is 17.6 Å². The smallest absolute Gasteiger partial charge is 0.338 e. The number of H-pyrrole nitrogens is 1. The van der Waals surface area contributed by atoms with E-state index in [0.29, 0.717) is 39.3 Å². The van der Waals surface area contributed by atoms with Crippen molar-refractivity contribution in [1.82, 2.24) is 4.98 Å². The van der Waals surface area contributed by atoms with Crippen molar-refractivity contribution in [2.45, 2.75) is 17.6 Å². The second-order valence-corrected chi connectivity index (χ2v) is 10.7. The van der Waals surface area contributed by atoms with Gasteiger partial charge in [0.1, 0.15) is 5.82 Å². The summed E-state index contributed by atoms with van der Waals surface area (Å²) in [6.07, 6.45) is 1.49. The second kappa shape index (κ2) is 9.18. The number of benzene rings is 3.